The van der Waals surface area contributed by atoms with Crippen LogP contribution in [0.5, 0.6) is 0 Å². The number of rotatable bonds is 3. The SMILES string of the molecule is NC(Cc1cccc2ccccc12)c1csc(I)c1. The molecule has 0 saturated carbocycles. The molecule has 0 aliphatic rings. The molecule has 2 N–H and O–H groups in total. The minimum atomic E-state index is 0.0746. The van der Waals surface area contributed by atoms with E-state index in [-0.39, 0.29) is 6.04 Å². The van der Waals surface area contributed by atoms with E-state index in [0.29, 0.717) is 0 Å². The average Bonchev–Trinajstić information content (AvgIpc) is 2.86. The molecule has 0 bridgehead atoms. The second kappa shape index (κ2) is 5.61. The lowest BCUT2D eigenvalue weighted by atomic mass is 9.97. The van der Waals surface area contributed by atoms with E-state index < -0.39 is 0 Å². The molecular weight excluding hydrogens is 365 g/mol. The van der Waals surface area contributed by atoms with E-state index >= 15 is 0 Å². The first-order valence-corrected chi connectivity index (χ1v) is 8.16. The lowest BCUT2D eigenvalue weighted by Gasteiger charge is -2.12. The van der Waals surface area contributed by atoms with E-state index in [1.807, 2.05) is 0 Å². The Morgan fingerprint density at radius 2 is 1.89 bits per heavy atom. The van der Waals surface area contributed by atoms with Crippen LogP contribution < -0.4 is 5.73 Å². The molecule has 0 saturated heterocycles. The van der Waals surface area contributed by atoms with Crippen LogP contribution in [-0.2, 0) is 6.42 Å². The van der Waals surface area contributed by atoms with Gasteiger partial charge in [0.2, 0.25) is 0 Å². The van der Waals surface area contributed by atoms with Crippen LogP contribution in [0.3, 0.4) is 0 Å². The lowest BCUT2D eigenvalue weighted by Crippen LogP contribution is -2.12. The van der Waals surface area contributed by atoms with Crippen LogP contribution in [0.25, 0.3) is 10.8 Å². The van der Waals surface area contributed by atoms with E-state index in [0.717, 1.165) is 6.42 Å². The highest BCUT2D eigenvalue weighted by Gasteiger charge is 2.10. The van der Waals surface area contributed by atoms with E-state index in [1.165, 1.54) is 24.8 Å². The van der Waals surface area contributed by atoms with Crippen molar-refractivity contribution in [1.29, 1.82) is 0 Å². The Labute approximate surface area is 130 Å². The molecule has 1 unspecified atom stereocenters. The third kappa shape index (κ3) is 2.83. The highest BCUT2D eigenvalue weighted by atomic mass is 127. The number of fused-ring (bicyclic) bond motifs is 1. The maximum atomic E-state index is 6.33. The third-order valence-corrected chi connectivity index (χ3v) is 5.14. The summed E-state index contributed by atoms with van der Waals surface area (Å²) >= 11 is 4.10. The fourth-order valence-electron chi connectivity index (χ4n) is 2.34. The van der Waals surface area contributed by atoms with E-state index in [9.17, 15) is 0 Å². The maximum absolute atomic E-state index is 6.33. The van der Waals surface area contributed by atoms with Gasteiger partial charge in [-0.1, -0.05) is 42.5 Å². The molecular formula is C16H14INS. The molecule has 3 aromatic rings. The zero-order chi connectivity index (χ0) is 13.2. The number of halogens is 1. The van der Waals surface area contributed by atoms with E-state index in [2.05, 4.69) is 76.5 Å². The Morgan fingerprint density at radius 3 is 2.68 bits per heavy atom. The highest BCUT2D eigenvalue weighted by molar-refractivity contribution is 14.1. The molecule has 2 aromatic carbocycles. The van der Waals surface area contributed by atoms with Crippen LogP contribution in [0.4, 0.5) is 0 Å². The predicted molar refractivity (Wildman–Crippen MR) is 91.6 cm³/mol. The van der Waals surface area contributed by atoms with Crippen LogP contribution in [0.2, 0.25) is 0 Å². The molecule has 3 rings (SSSR count). The monoisotopic (exact) mass is 379 g/mol. The van der Waals surface area contributed by atoms with Crippen molar-refractivity contribution in [1.82, 2.24) is 0 Å². The summed E-state index contributed by atoms with van der Waals surface area (Å²) in [6.45, 7) is 0. The molecule has 96 valence electrons. The molecule has 1 aromatic heterocycles. The summed E-state index contributed by atoms with van der Waals surface area (Å²) < 4.78 is 1.29. The molecule has 0 radical (unpaired) electrons. The number of thiophene rings is 1. The normalized spacial score (nSPS) is 12.7. The number of nitrogens with two attached hydrogens (primary N) is 1. The Kier molecular flexibility index (Phi) is 3.86. The Hall–Kier alpha value is -0.910. The Morgan fingerprint density at radius 1 is 1.11 bits per heavy atom. The fraction of sp³-hybridized carbons (Fsp3) is 0.125. The van der Waals surface area contributed by atoms with Crippen molar-refractivity contribution in [3.05, 3.63) is 67.9 Å². The van der Waals surface area contributed by atoms with Gasteiger partial charge in [-0.2, -0.15) is 0 Å². The number of hydrogen-bond acceptors (Lipinski definition) is 2. The quantitative estimate of drug-likeness (QED) is 0.653. The summed E-state index contributed by atoms with van der Waals surface area (Å²) in [5.74, 6) is 0. The molecule has 0 spiro atoms. The topological polar surface area (TPSA) is 26.0 Å². The van der Waals surface area contributed by atoms with Crippen molar-refractivity contribution in [2.75, 3.05) is 0 Å². The molecule has 3 heteroatoms. The van der Waals surface area contributed by atoms with E-state index in [1.54, 1.807) is 11.3 Å². The van der Waals surface area contributed by atoms with Gasteiger partial charge in [-0.15, -0.1) is 11.3 Å². The molecule has 1 heterocycles. The largest absolute Gasteiger partial charge is 0.324 e. The Balaban J connectivity index is 1.93. The second-order valence-electron chi connectivity index (χ2n) is 4.63. The van der Waals surface area contributed by atoms with Crippen LogP contribution in [-0.4, -0.2) is 0 Å². The zero-order valence-corrected chi connectivity index (χ0v) is 13.3. The zero-order valence-electron chi connectivity index (χ0n) is 10.3. The first-order valence-electron chi connectivity index (χ1n) is 6.20. The summed E-state index contributed by atoms with van der Waals surface area (Å²) in [5.41, 5.74) is 8.90. The van der Waals surface area contributed by atoms with Crippen molar-refractivity contribution in [3.8, 4) is 0 Å². The minimum absolute atomic E-state index is 0.0746. The molecule has 0 amide bonds. The first-order chi connectivity index (χ1) is 9.24. The van der Waals surface area contributed by atoms with Crippen LogP contribution in [0, 0.1) is 2.88 Å². The summed E-state index contributed by atoms with van der Waals surface area (Å²) in [7, 11) is 0. The van der Waals surface area contributed by atoms with Gasteiger partial charge in [-0.3, -0.25) is 0 Å². The molecule has 1 atom stereocenters. The third-order valence-electron chi connectivity index (χ3n) is 3.34. The predicted octanol–water partition coefficient (Wildman–Crippen LogP) is 4.75. The highest BCUT2D eigenvalue weighted by Crippen LogP contribution is 2.26. The first kappa shape index (κ1) is 13.1. The van der Waals surface area contributed by atoms with Crippen molar-refractivity contribution < 1.29 is 0 Å². The van der Waals surface area contributed by atoms with Gasteiger partial charge in [-0.05, 0) is 62.4 Å². The summed E-state index contributed by atoms with van der Waals surface area (Å²) in [6, 6.07) is 17.2. The van der Waals surface area contributed by atoms with Crippen molar-refractivity contribution in [2.24, 2.45) is 5.73 Å². The lowest BCUT2D eigenvalue weighted by molar-refractivity contribution is 0.728. The molecule has 1 nitrogen and oxygen atoms in total. The number of hydrogen-bond donors (Lipinski definition) is 1. The van der Waals surface area contributed by atoms with Crippen LogP contribution in [0.15, 0.2) is 53.9 Å². The van der Waals surface area contributed by atoms with Gasteiger partial charge < -0.3 is 5.73 Å². The molecule has 0 fully saturated rings. The smallest absolute Gasteiger partial charge is 0.0656 e. The number of benzene rings is 2. The van der Waals surface area contributed by atoms with Crippen LogP contribution in [0.1, 0.15) is 17.2 Å². The van der Waals surface area contributed by atoms with Crippen molar-refractivity contribution in [2.45, 2.75) is 12.5 Å². The van der Waals surface area contributed by atoms with Gasteiger partial charge in [0.1, 0.15) is 0 Å². The fourth-order valence-corrected chi connectivity index (χ4v) is 3.78. The summed E-state index contributed by atoms with van der Waals surface area (Å²) in [4.78, 5) is 0. The van der Waals surface area contributed by atoms with Gasteiger partial charge in [0.25, 0.3) is 0 Å². The standard InChI is InChI=1S/C16H14INS/c17-16-9-13(10-19-16)15(18)8-12-6-3-5-11-4-1-2-7-14(11)12/h1-7,9-10,15H,8,18H2. The average molecular weight is 379 g/mol. The molecule has 0 aliphatic carbocycles. The summed E-state index contributed by atoms with van der Waals surface area (Å²) in [5, 5.41) is 4.76. The van der Waals surface area contributed by atoms with Gasteiger partial charge >= 0.3 is 0 Å². The van der Waals surface area contributed by atoms with Gasteiger partial charge in [0.05, 0.1) is 2.88 Å². The maximum Gasteiger partial charge on any atom is 0.0656 e. The summed E-state index contributed by atoms with van der Waals surface area (Å²) in [6.07, 6.45) is 0.883. The second-order valence-corrected chi connectivity index (χ2v) is 7.44. The Bertz CT molecular complexity index is 699. The van der Waals surface area contributed by atoms with E-state index in [4.69, 9.17) is 5.73 Å². The van der Waals surface area contributed by atoms with Gasteiger partial charge in [0, 0.05) is 6.04 Å². The van der Waals surface area contributed by atoms with Crippen LogP contribution >= 0.6 is 33.9 Å². The minimum Gasteiger partial charge on any atom is -0.324 e. The van der Waals surface area contributed by atoms with Crippen molar-refractivity contribution >= 4 is 44.7 Å². The van der Waals surface area contributed by atoms with Gasteiger partial charge in [0.15, 0.2) is 0 Å². The van der Waals surface area contributed by atoms with Gasteiger partial charge in [-0.25, -0.2) is 0 Å². The van der Waals surface area contributed by atoms with Crippen molar-refractivity contribution in [3.63, 3.8) is 0 Å². The molecule has 0 aliphatic heterocycles. The molecule has 19 heavy (non-hydrogen) atoms.